The first-order valence-corrected chi connectivity index (χ1v) is 7.21. The number of benzene rings is 2. The van der Waals surface area contributed by atoms with Crippen molar-refractivity contribution in [3.63, 3.8) is 0 Å². The van der Waals surface area contributed by atoms with E-state index in [0.717, 1.165) is 4.47 Å². The van der Waals surface area contributed by atoms with E-state index in [0.29, 0.717) is 34.1 Å². The van der Waals surface area contributed by atoms with Gasteiger partial charge in [0.05, 0.1) is 18.4 Å². The molecule has 0 amide bonds. The molecule has 0 saturated carbocycles. The summed E-state index contributed by atoms with van der Waals surface area (Å²) in [5.74, 6) is 0.344. The van der Waals surface area contributed by atoms with Crippen LogP contribution in [0, 0.1) is 11.3 Å². The van der Waals surface area contributed by atoms with E-state index in [4.69, 9.17) is 21.6 Å². The molecule has 0 fully saturated rings. The van der Waals surface area contributed by atoms with E-state index in [1.165, 1.54) is 7.11 Å². The molecule has 2 aromatic rings. The Hall–Kier alpha value is -1.90. The quantitative estimate of drug-likeness (QED) is 0.845. The Morgan fingerprint density at radius 2 is 2.14 bits per heavy atom. The Morgan fingerprint density at radius 3 is 2.81 bits per heavy atom. The summed E-state index contributed by atoms with van der Waals surface area (Å²) in [5, 5.41) is 22.7. The Balaban J connectivity index is 2.27. The third kappa shape index (κ3) is 3.60. The molecule has 0 aliphatic rings. The highest BCUT2D eigenvalue weighted by Gasteiger charge is 2.11. The molecule has 4 nitrogen and oxygen atoms in total. The van der Waals surface area contributed by atoms with E-state index in [9.17, 15) is 5.11 Å². The first-order valence-electron chi connectivity index (χ1n) is 6.04. The molecule has 6 heteroatoms. The van der Waals surface area contributed by atoms with Gasteiger partial charge < -0.3 is 15.2 Å². The maximum atomic E-state index is 10.1. The van der Waals surface area contributed by atoms with Crippen molar-refractivity contribution in [2.75, 3.05) is 12.4 Å². The number of nitriles is 1. The van der Waals surface area contributed by atoms with Gasteiger partial charge in [-0.1, -0.05) is 27.5 Å². The molecule has 0 bridgehead atoms. The van der Waals surface area contributed by atoms with Gasteiger partial charge in [0.1, 0.15) is 6.07 Å². The molecule has 0 atom stereocenters. The first-order chi connectivity index (χ1) is 10.0. The maximum absolute atomic E-state index is 10.1. The van der Waals surface area contributed by atoms with Gasteiger partial charge in [-0.15, -0.1) is 0 Å². The molecule has 2 rings (SSSR count). The molecule has 21 heavy (non-hydrogen) atoms. The first kappa shape index (κ1) is 15.5. The van der Waals surface area contributed by atoms with E-state index in [1.807, 2.05) is 0 Å². The van der Waals surface area contributed by atoms with Crippen molar-refractivity contribution in [2.45, 2.75) is 6.54 Å². The van der Waals surface area contributed by atoms with Gasteiger partial charge in [0.2, 0.25) is 0 Å². The van der Waals surface area contributed by atoms with Gasteiger partial charge >= 0.3 is 0 Å². The van der Waals surface area contributed by atoms with Crippen LogP contribution in [0.5, 0.6) is 11.5 Å². The van der Waals surface area contributed by atoms with Crippen molar-refractivity contribution in [2.24, 2.45) is 0 Å². The van der Waals surface area contributed by atoms with Gasteiger partial charge in [-0.2, -0.15) is 5.26 Å². The standard InChI is InChI=1S/C15H12BrClN2O2/c1-21-14-6-12(17)4-10(15(14)20)8-19-13-5-11(16)3-2-9(13)7-18/h2-6,19-20H,8H2,1H3. The number of hydrogen-bond acceptors (Lipinski definition) is 4. The Morgan fingerprint density at radius 1 is 1.38 bits per heavy atom. The predicted molar refractivity (Wildman–Crippen MR) is 85.9 cm³/mol. The van der Waals surface area contributed by atoms with Crippen molar-refractivity contribution < 1.29 is 9.84 Å². The van der Waals surface area contributed by atoms with Crippen LogP contribution in [0.25, 0.3) is 0 Å². The number of ether oxygens (including phenoxy) is 1. The Bertz CT molecular complexity index is 714. The highest BCUT2D eigenvalue weighted by atomic mass is 79.9. The minimum atomic E-state index is 0.0305. The Kier molecular flexibility index (Phi) is 4.94. The maximum Gasteiger partial charge on any atom is 0.162 e. The lowest BCUT2D eigenvalue weighted by Gasteiger charge is -2.12. The highest BCUT2D eigenvalue weighted by Crippen LogP contribution is 2.34. The largest absolute Gasteiger partial charge is 0.504 e. The third-order valence-corrected chi connectivity index (χ3v) is 3.62. The topological polar surface area (TPSA) is 65.3 Å². The van der Waals surface area contributed by atoms with Crippen LogP contribution in [-0.2, 0) is 6.54 Å². The van der Waals surface area contributed by atoms with Gasteiger partial charge in [0.25, 0.3) is 0 Å². The fourth-order valence-corrected chi connectivity index (χ4v) is 2.46. The summed E-state index contributed by atoms with van der Waals surface area (Å²) in [6.07, 6.45) is 0. The minimum Gasteiger partial charge on any atom is -0.504 e. The van der Waals surface area contributed by atoms with E-state index in [1.54, 1.807) is 30.3 Å². The number of nitrogens with one attached hydrogen (secondary N) is 1. The van der Waals surface area contributed by atoms with Crippen LogP contribution in [0.15, 0.2) is 34.8 Å². The summed E-state index contributed by atoms with van der Waals surface area (Å²) in [6.45, 7) is 0.313. The van der Waals surface area contributed by atoms with Crippen LogP contribution in [0.3, 0.4) is 0 Å². The summed E-state index contributed by atoms with van der Waals surface area (Å²) < 4.78 is 5.92. The molecule has 0 radical (unpaired) electrons. The zero-order valence-electron chi connectivity index (χ0n) is 11.2. The number of halogens is 2. The van der Waals surface area contributed by atoms with Crippen LogP contribution in [0.4, 0.5) is 5.69 Å². The van der Waals surface area contributed by atoms with Crippen molar-refractivity contribution in [3.8, 4) is 17.6 Å². The molecule has 0 aliphatic carbocycles. The molecule has 0 saturated heterocycles. The molecular weight excluding hydrogens is 356 g/mol. The van der Waals surface area contributed by atoms with Crippen LogP contribution in [0.1, 0.15) is 11.1 Å². The number of aromatic hydroxyl groups is 1. The molecule has 0 aliphatic heterocycles. The smallest absolute Gasteiger partial charge is 0.162 e. The zero-order valence-corrected chi connectivity index (χ0v) is 13.5. The normalized spacial score (nSPS) is 10.0. The van der Waals surface area contributed by atoms with E-state index in [2.05, 4.69) is 27.3 Å². The molecule has 2 N–H and O–H groups in total. The lowest BCUT2D eigenvalue weighted by atomic mass is 10.1. The van der Waals surface area contributed by atoms with Gasteiger partial charge in [0, 0.05) is 27.7 Å². The van der Waals surface area contributed by atoms with Gasteiger partial charge in [-0.3, -0.25) is 0 Å². The second-order valence-electron chi connectivity index (χ2n) is 4.27. The molecule has 2 aromatic carbocycles. The zero-order chi connectivity index (χ0) is 15.4. The molecule has 108 valence electrons. The number of phenols is 1. The molecule has 0 aromatic heterocycles. The van der Waals surface area contributed by atoms with E-state index in [-0.39, 0.29) is 5.75 Å². The number of anilines is 1. The van der Waals surface area contributed by atoms with Gasteiger partial charge in [0.15, 0.2) is 11.5 Å². The van der Waals surface area contributed by atoms with Crippen LogP contribution in [-0.4, -0.2) is 12.2 Å². The number of phenolic OH excluding ortho intramolecular Hbond substituents is 1. The fourth-order valence-electron chi connectivity index (χ4n) is 1.87. The van der Waals surface area contributed by atoms with Crippen LogP contribution >= 0.6 is 27.5 Å². The predicted octanol–water partition coefficient (Wildman–Crippen LogP) is 4.30. The third-order valence-electron chi connectivity index (χ3n) is 2.91. The Labute approximate surface area is 136 Å². The van der Waals surface area contributed by atoms with E-state index < -0.39 is 0 Å². The van der Waals surface area contributed by atoms with E-state index >= 15 is 0 Å². The van der Waals surface area contributed by atoms with Crippen LogP contribution in [0.2, 0.25) is 5.02 Å². The monoisotopic (exact) mass is 366 g/mol. The molecule has 0 unspecified atom stereocenters. The lowest BCUT2D eigenvalue weighted by molar-refractivity contribution is 0.371. The SMILES string of the molecule is COc1cc(Cl)cc(CNc2cc(Br)ccc2C#N)c1O. The van der Waals surface area contributed by atoms with Crippen molar-refractivity contribution in [1.29, 1.82) is 5.26 Å². The molecule has 0 spiro atoms. The number of hydrogen-bond donors (Lipinski definition) is 2. The summed E-state index contributed by atoms with van der Waals surface area (Å²) in [4.78, 5) is 0. The second kappa shape index (κ2) is 6.70. The highest BCUT2D eigenvalue weighted by molar-refractivity contribution is 9.10. The lowest BCUT2D eigenvalue weighted by Crippen LogP contribution is -2.02. The molecule has 0 heterocycles. The average molecular weight is 368 g/mol. The number of rotatable bonds is 4. The summed E-state index contributed by atoms with van der Waals surface area (Å²) in [7, 11) is 1.46. The molecular formula is C15H12BrClN2O2. The minimum absolute atomic E-state index is 0.0305. The summed E-state index contributed by atoms with van der Waals surface area (Å²) in [6, 6.07) is 10.6. The summed E-state index contributed by atoms with van der Waals surface area (Å²) >= 11 is 9.35. The average Bonchev–Trinajstić information content (AvgIpc) is 2.47. The van der Waals surface area contributed by atoms with Gasteiger partial charge in [-0.25, -0.2) is 0 Å². The van der Waals surface area contributed by atoms with Crippen molar-refractivity contribution in [3.05, 3.63) is 51.0 Å². The number of methoxy groups -OCH3 is 1. The van der Waals surface area contributed by atoms with Crippen molar-refractivity contribution in [1.82, 2.24) is 0 Å². The van der Waals surface area contributed by atoms with Crippen LogP contribution < -0.4 is 10.1 Å². The number of nitrogens with zero attached hydrogens (tertiary/aromatic N) is 1. The fraction of sp³-hybridized carbons (Fsp3) is 0.133. The summed E-state index contributed by atoms with van der Waals surface area (Å²) in [5.41, 5.74) is 1.78. The van der Waals surface area contributed by atoms with Gasteiger partial charge in [-0.05, 0) is 24.3 Å². The van der Waals surface area contributed by atoms with Crippen molar-refractivity contribution >= 4 is 33.2 Å². The second-order valence-corrected chi connectivity index (χ2v) is 5.62.